The zero-order valence-electron chi connectivity index (χ0n) is 2.12. The predicted octanol–water partition coefficient (Wildman–Crippen LogP) is 0.922. The van der Waals surface area contributed by atoms with Gasteiger partial charge in [0.15, 0.2) is 0 Å². The predicted molar refractivity (Wildman–Crippen MR) is 9.61 cm³/mol. The summed E-state index contributed by atoms with van der Waals surface area (Å²) in [6.45, 7) is 0. The zero-order valence-corrected chi connectivity index (χ0v) is 6.66. The van der Waals surface area contributed by atoms with Crippen molar-refractivity contribution in [3.8, 4) is 0 Å². The quantitative estimate of drug-likeness (QED) is 0.665. The fraction of sp³-hybridized carbons (Fsp3) is 1.00. The van der Waals surface area contributed by atoms with Crippen LogP contribution in [-0.4, -0.2) is 0 Å². The van der Waals surface area contributed by atoms with Gasteiger partial charge in [-0.15, -0.1) is 0 Å². The van der Waals surface area contributed by atoms with Gasteiger partial charge in [-0.3, -0.25) is 0 Å². The second kappa shape index (κ2) is 5.65. The first-order valence-corrected chi connectivity index (χ1v) is 4.21. The number of hydrogen-bond donors (Lipinski definition) is 0. The van der Waals surface area contributed by atoms with Gasteiger partial charge in [0.25, 0.3) is 0 Å². The Morgan fingerprint density at radius 3 is 1.25 bits per heavy atom. The van der Waals surface area contributed by atoms with Crippen LogP contribution in [0.2, 0.25) is 4.40 Å². The van der Waals surface area contributed by atoms with Crippen molar-refractivity contribution in [3.05, 3.63) is 0 Å². The monoisotopic (exact) mass is 344 g/mol. The van der Waals surface area contributed by atoms with Gasteiger partial charge in [0, 0.05) is 0 Å². The molecule has 0 rings (SSSR count). The Morgan fingerprint density at radius 1 is 1.00 bits per heavy atom. The van der Waals surface area contributed by atoms with E-state index >= 15 is 0 Å². The third-order valence-electron chi connectivity index (χ3n) is 0.0625. The maximum absolute atomic E-state index is 2.03. The molecule has 0 saturated heterocycles. The molecule has 4 heavy (non-hydrogen) atoms. The molecule has 2 heteroatoms. The van der Waals surface area contributed by atoms with Crippen molar-refractivity contribution in [1.29, 1.82) is 0 Å². The summed E-state index contributed by atoms with van der Waals surface area (Å²) in [6, 6.07) is 0. The molecule has 0 aliphatic carbocycles. The van der Waals surface area contributed by atoms with E-state index in [-0.39, 0.29) is 0 Å². The Hall–Kier alpha value is 2.65. The molecular formula is C2H4Gd2. The van der Waals surface area contributed by atoms with Crippen LogP contribution in [0.25, 0.3) is 0 Å². The van der Waals surface area contributed by atoms with E-state index in [9.17, 15) is 0 Å². The average molecular weight is 343 g/mol. The van der Waals surface area contributed by atoms with E-state index in [0.717, 1.165) is 0 Å². The van der Waals surface area contributed by atoms with Gasteiger partial charge in [-0.2, -0.15) is 0 Å². The van der Waals surface area contributed by atoms with Crippen molar-refractivity contribution in [2.24, 2.45) is 0 Å². The van der Waals surface area contributed by atoms with Gasteiger partial charge in [-0.05, 0) is 0 Å². The minimum absolute atomic E-state index is 1.36. The molecule has 0 fully saturated rings. The van der Waals surface area contributed by atoms with Gasteiger partial charge in [0.05, 0.1) is 0 Å². The second-order valence-corrected chi connectivity index (χ2v) is 2.62. The zero-order chi connectivity index (χ0) is 3.41. The summed E-state index contributed by atoms with van der Waals surface area (Å²) >= 11 is 4.06. The SMILES string of the molecule is [Gd][CH2][CH2][Gd]. The van der Waals surface area contributed by atoms with Crippen LogP contribution >= 0.6 is 0 Å². The van der Waals surface area contributed by atoms with Crippen molar-refractivity contribution >= 4 is 0 Å². The fourth-order valence-corrected chi connectivity index (χ4v) is 0. The minimum atomic E-state index is 1.36. The van der Waals surface area contributed by atoms with E-state index in [1.165, 1.54) is 4.40 Å². The summed E-state index contributed by atoms with van der Waals surface area (Å²) in [5, 5.41) is 0. The van der Waals surface area contributed by atoms with Gasteiger partial charge in [0.2, 0.25) is 0 Å². The normalized spacial score (nSPS) is 7.50. The summed E-state index contributed by atoms with van der Waals surface area (Å²) in [7, 11) is 0. The first-order chi connectivity index (χ1) is 1.91. The van der Waals surface area contributed by atoms with Crippen molar-refractivity contribution in [2.75, 3.05) is 0 Å². The van der Waals surface area contributed by atoms with Crippen LogP contribution < -0.4 is 0 Å². The topological polar surface area (TPSA) is 0 Å². The van der Waals surface area contributed by atoms with E-state index < -0.39 is 0 Å². The molecule has 0 amide bonds. The van der Waals surface area contributed by atoms with E-state index in [1.807, 2.05) is 75.8 Å². The van der Waals surface area contributed by atoms with Gasteiger partial charge >= 0.3 is 80.2 Å². The first-order valence-electron chi connectivity index (χ1n) is 1.000. The van der Waals surface area contributed by atoms with Crippen molar-refractivity contribution in [2.45, 2.75) is 4.40 Å². The van der Waals surface area contributed by atoms with E-state index in [2.05, 4.69) is 0 Å². The Kier molecular flexibility index (Phi) is 9.39. The van der Waals surface area contributed by atoms with Gasteiger partial charge in [-0.25, -0.2) is 0 Å². The second-order valence-electron chi connectivity index (χ2n) is 0.354. The number of rotatable bonds is 1. The third-order valence-corrected chi connectivity index (χ3v) is 3.44. The maximum atomic E-state index is 2.03. The molecular weight excluding hydrogens is 339 g/mol. The molecule has 0 aliphatic heterocycles. The van der Waals surface area contributed by atoms with E-state index in [1.54, 1.807) is 0 Å². The molecule has 0 aromatic heterocycles. The number of hydrogen-bond acceptors (Lipinski definition) is 0. The van der Waals surface area contributed by atoms with Crippen LogP contribution in [0.1, 0.15) is 0 Å². The molecule has 28 valence electrons. The van der Waals surface area contributed by atoms with Gasteiger partial charge in [-0.1, -0.05) is 0 Å². The van der Waals surface area contributed by atoms with Crippen LogP contribution in [0.5, 0.6) is 0 Å². The molecule has 0 heterocycles. The molecule has 0 radical (unpaired) electrons. The summed E-state index contributed by atoms with van der Waals surface area (Å²) < 4.78 is 2.72. The molecule has 0 nitrogen and oxygen atoms in total. The van der Waals surface area contributed by atoms with Crippen LogP contribution in [0.4, 0.5) is 0 Å². The van der Waals surface area contributed by atoms with E-state index in [4.69, 9.17) is 0 Å². The van der Waals surface area contributed by atoms with Crippen molar-refractivity contribution < 1.29 is 75.8 Å². The molecule has 0 saturated carbocycles. The standard InChI is InChI=1S/C2H4.2Gd/c1-2;;/h1-2H2;;. The molecule has 0 aliphatic rings. The van der Waals surface area contributed by atoms with E-state index in [0.29, 0.717) is 0 Å². The van der Waals surface area contributed by atoms with Crippen molar-refractivity contribution in [1.82, 2.24) is 0 Å². The van der Waals surface area contributed by atoms with Crippen LogP contribution in [0.3, 0.4) is 0 Å². The molecule has 0 unspecified atom stereocenters. The van der Waals surface area contributed by atoms with Crippen molar-refractivity contribution in [3.63, 3.8) is 0 Å². The first kappa shape index (κ1) is 6.65. The average Bonchev–Trinajstić information content (AvgIpc) is 1.37. The summed E-state index contributed by atoms with van der Waals surface area (Å²) in [5.41, 5.74) is 0. The molecule has 0 spiro atoms. The van der Waals surface area contributed by atoms with Crippen LogP contribution in [-0.2, 0) is 0 Å². The summed E-state index contributed by atoms with van der Waals surface area (Å²) in [4.78, 5) is 0. The molecule has 0 bridgehead atoms. The Bertz CT molecular complexity index is 6.00. The molecule has 0 aromatic carbocycles. The fourth-order valence-electron chi connectivity index (χ4n) is 0. The molecule has 0 atom stereocenters. The molecule has 0 N–H and O–H groups in total. The molecule has 0 aromatic rings. The van der Waals surface area contributed by atoms with Gasteiger partial charge in [0.1, 0.15) is 0 Å². The van der Waals surface area contributed by atoms with Gasteiger partial charge < -0.3 is 0 Å². The Labute approximate surface area is 78.0 Å². The Morgan fingerprint density at radius 2 is 1.25 bits per heavy atom. The van der Waals surface area contributed by atoms with Crippen LogP contribution in [0, 0.1) is 75.8 Å². The third kappa shape index (κ3) is 4.65. The Balaban J connectivity index is 1.97. The van der Waals surface area contributed by atoms with Crippen LogP contribution in [0.15, 0.2) is 0 Å². The summed E-state index contributed by atoms with van der Waals surface area (Å²) in [5.74, 6) is 0. The summed E-state index contributed by atoms with van der Waals surface area (Å²) in [6.07, 6.45) is 0.